The Morgan fingerprint density at radius 1 is 1.03 bits per heavy atom. The van der Waals surface area contributed by atoms with Crippen molar-refractivity contribution in [1.82, 2.24) is 10.4 Å². The number of ether oxygens (including phenoxy) is 1. The van der Waals surface area contributed by atoms with Crippen LogP contribution in [0.5, 0.6) is 5.75 Å². The third-order valence-electron chi connectivity index (χ3n) is 5.67. The molecule has 8 nitrogen and oxygen atoms in total. The highest BCUT2D eigenvalue weighted by molar-refractivity contribution is 6.23. The molecule has 8 heteroatoms. The second kappa shape index (κ2) is 10.8. The topological polar surface area (TPSA) is 96.0 Å². The van der Waals surface area contributed by atoms with Crippen molar-refractivity contribution in [3.8, 4) is 5.75 Å². The smallest absolute Gasteiger partial charge is 0.273 e. The lowest BCUT2D eigenvalue weighted by molar-refractivity contribution is -0.132. The van der Waals surface area contributed by atoms with E-state index in [-0.39, 0.29) is 18.2 Å². The van der Waals surface area contributed by atoms with Crippen LogP contribution in [0.25, 0.3) is 0 Å². The molecule has 1 saturated heterocycles. The average molecular weight is 452 g/mol. The summed E-state index contributed by atoms with van der Waals surface area (Å²) in [5.74, 6) is -1.62. The summed E-state index contributed by atoms with van der Waals surface area (Å²) >= 11 is 0. The van der Waals surface area contributed by atoms with Crippen molar-refractivity contribution in [2.45, 2.75) is 46.1 Å². The standard InChI is InChI=1S/C25H29N3O5/c1-4-17(5-2)23(30)26-28(24(31)18-10-8-7-9-11-18)21-16-22(29)27(25(21)32)19-12-14-20(15-13-19)33-6-3/h7-15,17,21H,4-6,16H2,1-3H3,(H,26,30). The van der Waals surface area contributed by atoms with Gasteiger partial charge in [0.25, 0.3) is 11.8 Å². The second-order valence-electron chi connectivity index (χ2n) is 7.74. The highest BCUT2D eigenvalue weighted by atomic mass is 16.5. The molecule has 4 amide bonds. The van der Waals surface area contributed by atoms with Gasteiger partial charge >= 0.3 is 0 Å². The lowest BCUT2D eigenvalue weighted by Gasteiger charge is -2.29. The number of hydrogen-bond acceptors (Lipinski definition) is 5. The number of imide groups is 1. The zero-order chi connectivity index (χ0) is 24.0. The van der Waals surface area contributed by atoms with E-state index in [9.17, 15) is 19.2 Å². The van der Waals surface area contributed by atoms with Gasteiger partial charge < -0.3 is 4.74 Å². The lowest BCUT2D eigenvalue weighted by atomic mass is 10.0. The zero-order valence-corrected chi connectivity index (χ0v) is 19.1. The van der Waals surface area contributed by atoms with Crippen LogP contribution in [0, 0.1) is 5.92 Å². The molecular weight excluding hydrogens is 422 g/mol. The number of carbonyl (C=O) groups excluding carboxylic acids is 4. The number of rotatable bonds is 8. The van der Waals surface area contributed by atoms with Gasteiger partial charge in [0.15, 0.2) is 0 Å². The summed E-state index contributed by atoms with van der Waals surface area (Å²) in [6.07, 6.45) is 0.949. The van der Waals surface area contributed by atoms with Gasteiger partial charge in [-0.1, -0.05) is 32.0 Å². The van der Waals surface area contributed by atoms with Crippen molar-refractivity contribution in [2.24, 2.45) is 5.92 Å². The first-order chi connectivity index (χ1) is 15.9. The van der Waals surface area contributed by atoms with Crippen molar-refractivity contribution in [2.75, 3.05) is 11.5 Å². The van der Waals surface area contributed by atoms with E-state index in [0.717, 1.165) is 9.91 Å². The van der Waals surface area contributed by atoms with Crippen LogP contribution < -0.4 is 15.1 Å². The molecule has 1 atom stereocenters. The van der Waals surface area contributed by atoms with E-state index in [2.05, 4.69) is 5.43 Å². The van der Waals surface area contributed by atoms with E-state index in [1.54, 1.807) is 54.6 Å². The van der Waals surface area contributed by atoms with Crippen LogP contribution in [-0.4, -0.2) is 41.3 Å². The summed E-state index contributed by atoms with van der Waals surface area (Å²) in [6.45, 7) is 6.13. The molecule has 0 aromatic heterocycles. The number of nitrogens with zero attached hydrogens (tertiary/aromatic N) is 2. The molecule has 174 valence electrons. The van der Waals surface area contributed by atoms with Gasteiger partial charge in [-0.3, -0.25) is 24.6 Å². The quantitative estimate of drug-likeness (QED) is 0.491. The Bertz CT molecular complexity index is 1000. The lowest BCUT2D eigenvalue weighted by Crippen LogP contribution is -2.55. The van der Waals surface area contributed by atoms with E-state index in [0.29, 0.717) is 36.4 Å². The van der Waals surface area contributed by atoms with E-state index in [1.807, 2.05) is 20.8 Å². The molecule has 2 aromatic rings. The minimum absolute atomic E-state index is 0.228. The Kier molecular flexibility index (Phi) is 7.82. The molecule has 3 rings (SSSR count). The summed E-state index contributed by atoms with van der Waals surface area (Å²) in [6, 6.07) is 13.8. The number of amides is 4. The van der Waals surface area contributed by atoms with Crippen LogP contribution in [0.4, 0.5) is 5.69 Å². The summed E-state index contributed by atoms with van der Waals surface area (Å²) in [7, 11) is 0. The monoisotopic (exact) mass is 451 g/mol. The fourth-order valence-electron chi connectivity index (χ4n) is 3.81. The molecule has 0 aliphatic carbocycles. The van der Waals surface area contributed by atoms with E-state index < -0.39 is 23.8 Å². The molecule has 1 aliphatic heterocycles. The molecule has 0 saturated carbocycles. The van der Waals surface area contributed by atoms with E-state index in [1.165, 1.54) is 0 Å². The normalized spacial score (nSPS) is 15.6. The largest absolute Gasteiger partial charge is 0.494 e. The molecule has 2 aromatic carbocycles. The Hall–Kier alpha value is -3.68. The highest BCUT2D eigenvalue weighted by Gasteiger charge is 2.45. The molecule has 1 N–H and O–H groups in total. The number of carbonyl (C=O) groups is 4. The fraction of sp³-hybridized carbons (Fsp3) is 0.360. The maximum Gasteiger partial charge on any atom is 0.273 e. The summed E-state index contributed by atoms with van der Waals surface area (Å²) in [5.41, 5.74) is 3.32. The van der Waals surface area contributed by atoms with Crippen LogP contribution in [0.1, 0.15) is 50.4 Å². The van der Waals surface area contributed by atoms with Crippen LogP contribution >= 0.6 is 0 Å². The number of hydrogen-bond donors (Lipinski definition) is 1. The number of nitrogens with one attached hydrogen (secondary N) is 1. The summed E-state index contributed by atoms with van der Waals surface area (Å²) in [5, 5.41) is 1.02. The van der Waals surface area contributed by atoms with Gasteiger partial charge in [-0.15, -0.1) is 0 Å². The van der Waals surface area contributed by atoms with E-state index in [4.69, 9.17) is 4.74 Å². The maximum atomic E-state index is 13.3. The number of benzene rings is 2. The van der Waals surface area contributed by atoms with Crippen molar-refractivity contribution < 1.29 is 23.9 Å². The third-order valence-corrected chi connectivity index (χ3v) is 5.67. The van der Waals surface area contributed by atoms with Gasteiger partial charge in [-0.25, -0.2) is 9.91 Å². The first kappa shape index (κ1) is 24.0. The van der Waals surface area contributed by atoms with Crippen molar-refractivity contribution in [1.29, 1.82) is 0 Å². The zero-order valence-electron chi connectivity index (χ0n) is 19.1. The highest BCUT2D eigenvalue weighted by Crippen LogP contribution is 2.28. The minimum Gasteiger partial charge on any atom is -0.494 e. The molecular formula is C25H29N3O5. The fourth-order valence-corrected chi connectivity index (χ4v) is 3.81. The molecule has 1 heterocycles. The predicted octanol–water partition coefficient (Wildman–Crippen LogP) is 3.33. The van der Waals surface area contributed by atoms with Gasteiger partial charge in [-0.05, 0) is 56.2 Å². The first-order valence-corrected chi connectivity index (χ1v) is 11.2. The maximum absolute atomic E-state index is 13.3. The van der Waals surface area contributed by atoms with E-state index >= 15 is 0 Å². The van der Waals surface area contributed by atoms with Crippen LogP contribution in [0.3, 0.4) is 0 Å². The number of hydrazine groups is 1. The molecule has 0 bridgehead atoms. The van der Waals surface area contributed by atoms with Gasteiger partial charge in [0.05, 0.1) is 18.7 Å². The average Bonchev–Trinajstić information content (AvgIpc) is 3.12. The number of anilines is 1. The Morgan fingerprint density at radius 3 is 2.24 bits per heavy atom. The SMILES string of the molecule is CCOc1ccc(N2C(=O)CC(N(NC(=O)C(CC)CC)C(=O)c3ccccc3)C2=O)cc1. The third kappa shape index (κ3) is 5.22. The van der Waals surface area contributed by atoms with Crippen LogP contribution in [0.2, 0.25) is 0 Å². The van der Waals surface area contributed by atoms with Crippen molar-refractivity contribution in [3.63, 3.8) is 0 Å². The second-order valence-corrected chi connectivity index (χ2v) is 7.74. The van der Waals surface area contributed by atoms with Crippen LogP contribution in [0.15, 0.2) is 54.6 Å². The Morgan fingerprint density at radius 2 is 1.67 bits per heavy atom. The Balaban J connectivity index is 1.91. The van der Waals surface area contributed by atoms with Crippen molar-refractivity contribution in [3.05, 3.63) is 60.2 Å². The van der Waals surface area contributed by atoms with Crippen molar-refractivity contribution >= 4 is 29.3 Å². The molecule has 0 spiro atoms. The molecule has 1 fully saturated rings. The molecule has 1 aliphatic rings. The summed E-state index contributed by atoms with van der Waals surface area (Å²) < 4.78 is 5.42. The predicted molar refractivity (Wildman–Crippen MR) is 123 cm³/mol. The first-order valence-electron chi connectivity index (χ1n) is 11.2. The summed E-state index contributed by atoms with van der Waals surface area (Å²) in [4.78, 5) is 53.3. The minimum atomic E-state index is -1.14. The Labute approximate surface area is 193 Å². The van der Waals surface area contributed by atoms with Gasteiger partial charge in [0, 0.05) is 11.5 Å². The molecule has 33 heavy (non-hydrogen) atoms. The molecule has 1 unspecified atom stereocenters. The van der Waals surface area contributed by atoms with Gasteiger partial charge in [-0.2, -0.15) is 0 Å². The van der Waals surface area contributed by atoms with Gasteiger partial charge in [0.2, 0.25) is 11.8 Å². The van der Waals surface area contributed by atoms with Crippen LogP contribution in [-0.2, 0) is 14.4 Å². The van der Waals surface area contributed by atoms with Gasteiger partial charge in [0.1, 0.15) is 11.8 Å². The molecule has 0 radical (unpaired) electrons.